The number of carbonyl (C=O) groups excluding carboxylic acids is 1. The van der Waals surface area contributed by atoms with Crippen molar-refractivity contribution in [2.45, 2.75) is 25.8 Å². The SMILES string of the molecule is CCCC(COC)NC(=O)c1ccc([N+](=O)[O-])c(NC)c1. The molecule has 1 unspecified atom stereocenters. The van der Waals surface area contributed by atoms with Crippen molar-refractivity contribution in [3.8, 4) is 0 Å². The molecule has 0 radical (unpaired) electrons. The molecule has 7 heteroatoms. The number of amides is 1. The Bertz CT molecular complexity index is 499. The van der Waals surface area contributed by atoms with Gasteiger partial charge in [0.1, 0.15) is 5.69 Å². The fourth-order valence-electron chi connectivity index (χ4n) is 2.05. The van der Waals surface area contributed by atoms with E-state index in [1.807, 2.05) is 6.92 Å². The Morgan fingerprint density at radius 3 is 2.71 bits per heavy atom. The first-order chi connectivity index (χ1) is 10.0. The number of hydrogen-bond acceptors (Lipinski definition) is 5. The van der Waals surface area contributed by atoms with Crippen LogP contribution < -0.4 is 10.6 Å². The van der Waals surface area contributed by atoms with Gasteiger partial charge in [0.15, 0.2) is 0 Å². The molecule has 0 bridgehead atoms. The molecule has 7 nitrogen and oxygen atoms in total. The van der Waals surface area contributed by atoms with Crippen molar-refractivity contribution in [2.75, 3.05) is 26.1 Å². The molecule has 0 fully saturated rings. The number of nitro groups is 1. The Kier molecular flexibility index (Phi) is 6.61. The summed E-state index contributed by atoms with van der Waals surface area (Å²) in [6.07, 6.45) is 1.74. The van der Waals surface area contributed by atoms with E-state index in [1.54, 1.807) is 14.2 Å². The summed E-state index contributed by atoms with van der Waals surface area (Å²) in [5.41, 5.74) is 0.629. The summed E-state index contributed by atoms with van der Waals surface area (Å²) in [4.78, 5) is 22.6. The van der Waals surface area contributed by atoms with E-state index in [0.717, 1.165) is 12.8 Å². The van der Waals surface area contributed by atoms with Crippen molar-refractivity contribution in [2.24, 2.45) is 0 Å². The van der Waals surface area contributed by atoms with Gasteiger partial charge in [0.25, 0.3) is 11.6 Å². The number of rotatable bonds is 8. The van der Waals surface area contributed by atoms with Crippen LogP contribution in [0.25, 0.3) is 0 Å². The van der Waals surface area contributed by atoms with E-state index in [4.69, 9.17) is 4.74 Å². The minimum atomic E-state index is -0.488. The molecule has 2 N–H and O–H groups in total. The van der Waals surface area contributed by atoms with Gasteiger partial charge < -0.3 is 15.4 Å². The first-order valence-corrected chi connectivity index (χ1v) is 6.79. The summed E-state index contributed by atoms with van der Waals surface area (Å²) < 4.78 is 5.07. The maximum absolute atomic E-state index is 12.2. The topological polar surface area (TPSA) is 93.5 Å². The van der Waals surface area contributed by atoms with Gasteiger partial charge in [-0.15, -0.1) is 0 Å². The number of nitro benzene ring substituents is 1. The van der Waals surface area contributed by atoms with Gasteiger partial charge in [0, 0.05) is 25.8 Å². The van der Waals surface area contributed by atoms with Crippen LogP contribution in [0.15, 0.2) is 18.2 Å². The quantitative estimate of drug-likeness (QED) is 0.566. The molecule has 21 heavy (non-hydrogen) atoms. The first-order valence-electron chi connectivity index (χ1n) is 6.79. The highest BCUT2D eigenvalue weighted by Crippen LogP contribution is 2.24. The molecule has 0 aliphatic carbocycles. The summed E-state index contributed by atoms with van der Waals surface area (Å²) >= 11 is 0. The first kappa shape index (κ1) is 16.9. The smallest absolute Gasteiger partial charge is 0.292 e. The van der Waals surface area contributed by atoms with Crippen molar-refractivity contribution >= 4 is 17.3 Å². The highest BCUT2D eigenvalue weighted by Gasteiger charge is 2.18. The van der Waals surface area contributed by atoms with Crippen LogP contribution in [0.2, 0.25) is 0 Å². The van der Waals surface area contributed by atoms with Crippen LogP contribution in [-0.2, 0) is 4.74 Å². The molecule has 0 heterocycles. The number of carbonyl (C=O) groups is 1. The van der Waals surface area contributed by atoms with E-state index >= 15 is 0 Å². The molecule has 0 saturated carbocycles. The van der Waals surface area contributed by atoms with Crippen molar-refractivity contribution in [1.82, 2.24) is 5.32 Å². The van der Waals surface area contributed by atoms with Crippen LogP contribution in [0.4, 0.5) is 11.4 Å². The largest absolute Gasteiger partial charge is 0.383 e. The van der Waals surface area contributed by atoms with Crippen LogP contribution in [0.1, 0.15) is 30.1 Å². The zero-order chi connectivity index (χ0) is 15.8. The number of nitrogens with one attached hydrogen (secondary N) is 2. The van der Waals surface area contributed by atoms with E-state index in [0.29, 0.717) is 17.9 Å². The molecule has 1 atom stereocenters. The normalized spacial score (nSPS) is 11.8. The van der Waals surface area contributed by atoms with Crippen molar-refractivity contribution in [1.29, 1.82) is 0 Å². The number of ether oxygens (including phenoxy) is 1. The van der Waals surface area contributed by atoms with Crippen LogP contribution in [0.5, 0.6) is 0 Å². The molecular weight excluding hydrogens is 274 g/mol. The Labute approximate surface area is 123 Å². The fraction of sp³-hybridized carbons (Fsp3) is 0.500. The second-order valence-electron chi connectivity index (χ2n) is 4.65. The molecule has 1 aromatic carbocycles. The lowest BCUT2D eigenvalue weighted by molar-refractivity contribution is -0.383. The van der Waals surface area contributed by atoms with E-state index in [2.05, 4.69) is 10.6 Å². The maximum Gasteiger partial charge on any atom is 0.292 e. The van der Waals surface area contributed by atoms with Crippen molar-refractivity contribution < 1.29 is 14.5 Å². The van der Waals surface area contributed by atoms with E-state index in [-0.39, 0.29) is 17.6 Å². The van der Waals surface area contributed by atoms with Gasteiger partial charge in [-0.05, 0) is 18.6 Å². The van der Waals surface area contributed by atoms with Crippen LogP contribution in [0, 0.1) is 10.1 Å². The zero-order valence-corrected chi connectivity index (χ0v) is 12.5. The van der Waals surface area contributed by atoms with Crippen LogP contribution in [-0.4, -0.2) is 37.6 Å². The van der Waals surface area contributed by atoms with Crippen LogP contribution in [0.3, 0.4) is 0 Å². The van der Waals surface area contributed by atoms with Gasteiger partial charge in [-0.3, -0.25) is 14.9 Å². The van der Waals surface area contributed by atoms with E-state index in [9.17, 15) is 14.9 Å². The molecule has 1 amide bonds. The Morgan fingerprint density at radius 2 is 2.19 bits per heavy atom. The molecule has 0 aliphatic heterocycles. The number of hydrogen-bond donors (Lipinski definition) is 2. The Morgan fingerprint density at radius 1 is 1.48 bits per heavy atom. The van der Waals surface area contributed by atoms with E-state index in [1.165, 1.54) is 18.2 Å². The third-order valence-electron chi connectivity index (χ3n) is 3.06. The highest BCUT2D eigenvalue weighted by molar-refractivity contribution is 5.96. The van der Waals surface area contributed by atoms with Crippen molar-refractivity contribution in [3.63, 3.8) is 0 Å². The zero-order valence-electron chi connectivity index (χ0n) is 12.5. The average Bonchev–Trinajstić information content (AvgIpc) is 2.46. The number of nitrogens with zero attached hydrogens (tertiary/aromatic N) is 1. The average molecular weight is 295 g/mol. The number of anilines is 1. The lowest BCUT2D eigenvalue weighted by Crippen LogP contribution is -2.37. The lowest BCUT2D eigenvalue weighted by Gasteiger charge is -2.17. The number of methoxy groups -OCH3 is 1. The molecule has 0 spiro atoms. The maximum atomic E-state index is 12.2. The van der Waals surface area contributed by atoms with Crippen molar-refractivity contribution in [3.05, 3.63) is 33.9 Å². The second-order valence-corrected chi connectivity index (χ2v) is 4.65. The molecule has 0 aliphatic rings. The predicted molar refractivity (Wildman–Crippen MR) is 80.7 cm³/mol. The summed E-state index contributed by atoms with van der Waals surface area (Å²) in [5, 5.41) is 16.5. The molecule has 0 aromatic heterocycles. The third kappa shape index (κ3) is 4.71. The van der Waals surface area contributed by atoms with Gasteiger partial charge in [0.2, 0.25) is 0 Å². The lowest BCUT2D eigenvalue weighted by atomic mass is 10.1. The Balaban J connectivity index is 2.89. The van der Waals surface area contributed by atoms with Gasteiger partial charge in [-0.1, -0.05) is 13.3 Å². The number of benzene rings is 1. The molecule has 1 aromatic rings. The molecule has 1 rings (SSSR count). The minimum absolute atomic E-state index is 0.0592. The standard InChI is InChI=1S/C14H21N3O4/c1-4-5-11(9-21-3)16-14(18)10-6-7-13(17(19)20)12(8-10)15-2/h6-8,11,15H,4-5,9H2,1-3H3,(H,16,18). The predicted octanol–water partition coefficient (Wildman–Crippen LogP) is 2.18. The summed E-state index contributed by atoms with van der Waals surface area (Å²) in [7, 11) is 3.16. The molecule has 0 saturated heterocycles. The molecule has 116 valence electrons. The fourth-order valence-corrected chi connectivity index (χ4v) is 2.05. The van der Waals surface area contributed by atoms with Gasteiger partial charge in [-0.25, -0.2) is 0 Å². The summed E-state index contributed by atoms with van der Waals surface area (Å²) in [6, 6.07) is 4.18. The third-order valence-corrected chi connectivity index (χ3v) is 3.06. The monoisotopic (exact) mass is 295 g/mol. The second kappa shape index (κ2) is 8.21. The Hall–Kier alpha value is -2.15. The van der Waals surface area contributed by atoms with Gasteiger partial charge >= 0.3 is 0 Å². The van der Waals surface area contributed by atoms with E-state index < -0.39 is 4.92 Å². The molecular formula is C14H21N3O4. The summed E-state index contributed by atoms with van der Waals surface area (Å²) in [5.74, 6) is -0.267. The minimum Gasteiger partial charge on any atom is -0.383 e. The highest BCUT2D eigenvalue weighted by atomic mass is 16.6. The van der Waals surface area contributed by atoms with Crippen LogP contribution >= 0.6 is 0 Å². The van der Waals surface area contributed by atoms with Gasteiger partial charge in [-0.2, -0.15) is 0 Å². The summed E-state index contributed by atoms with van der Waals surface area (Å²) in [6.45, 7) is 2.46. The van der Waals surface area contributed by atoms with Gasteiger partial charge in [0.05, 0.1) is 17.6 Å².